The molecule has 0 spiro atoms. The zero-order chi connectivity index (χ0) is 13.9. The molecule has 0 bridgehead atoms. The van der Waals surface area contributed by atoms with Gasteiger partial charge >= 0.3 is 0 Å². The van der Waals surface area contributed by atoms with Crippen molar-refractivity contribution in [2.24, 2.45) is 0 Å². The quantitative estimate of drug-likeness (QED) is 0.947. The molecule has 0 radical (unpaired) electrons. The van der Waals surface area contributed by atoms with Gasteiger partial charge in [0.1, 0.15) is 4.88 Å². The summed E-state index contributed by atoms with van der Waals surface area (Å²) in [6, 6.07) is 8.36. The van der Waals surface area contributed by atoms with Crippen molar-refractivity contribution in [3.63, 3.8) is 0 Å². The fraction of sp³-hybridized carbons (Fsp3) is 0.357. The average molecular weight is 305 g/mol. The molecule has 0 saturated heterocycles. The molecule has 1 aliphatic rings. The Morgan fingerprint density at radius 1 is 1.45 bits per heavy atom. The lowest BCUT2D eigenvalue weighted by Crippen LogP contribution is -2.30. The van der Waals surface area contributed by atoms with E-state index in [1.165, 1.54) is 22.0 Å². The minimum absolute atomic E-state index is 0.0523. The van der Waals surface area contributed by atoms with Crippen LogP contribution in [0.15, 0.2) is 29.2 Å². The summed E-state index contributed by atoms with van der Waals surface area (Å²) in [5, 5.41) is 7.13. The van der Waals surface area contributed by atoms with Gasteiger partial charge in [0.25, 0.3) is 5.91 Å². The van der Waals surface area contributed by atoms with Gasteiger partial charge in [-0.15, -0.1) is 16.9 Å². The average Bonchev–Trinajstić information content (AvgIpc) is 2.96. The third-order valence-corrected chi connectivity index (χ3v) is 5.25. The summed E-state index contributed by atoms with van der Waals surface area (Å²) in [7, 11) is 0. The molecule has 3 rings (SSSR count). The lowest BCUT2D eigenvalue weighted by molar-refractivity contribution is 0.0938. The number of aromatic nitrogens is 2. The predicted octanol–water partition coefficient (Wildman–Crippen LogP) is 3.07. The number of carbonyl (C=O) groups excluding carboxylic acids is 1. The highest BCUT2D eigenvalue weighted by Gasteiger charge is 2.24. The van der Waals surface area contributed by atoms with Crippen LogP contribution in [0.3, 0.4) is 0 Å². The molecule has 104 valence electrons. The summed E-state index contributed by atoms with van der Waals surface area (Å²) in [4.78, 5) is 14.3. The molecule has 4 nitrogen and oxygen atoms in total. The third-order valence-electron chi connectivity index (χ3n) is 3.36. The van der Waals surface area contributed by atoms with Crippen LogP contribution >= 0.6 is 23.3 Å². The maximum absolute atomic E-state index is 12.4. The lowest BCUT2D eigenvalue weighted by Gasteiger charge is -2.25. The van der Waals surface area contributed by atoms with Gasteiger partial charge in [-0.25, -0.2) is 0 Å². The van der Waals surface area contributed by atoms with Crippen LogP contribution in [-0.2, 0) is 6.42 Å². The van der Waals surface area contributed by atoms with Gasteiger partial charge < -0.3 is 5.32 Å². The van der Waals surface area contributed by atoms with E-state index in [1.807, 2.05) is 30.8 Å². The van der Waals surface area contributed by atoms with E-state index in [-0.39, 0.29) is 11.9 Å². The molecule has 1 aliphatic heterocycles. The minimum Gasteiger partial charge on any atom is -0.344 e. The number of hydrogen-bond donors (Lipinski definition) is 1. The highest BCUT2D eigenvalue weighted by Crippen LogP contribution is 2.36. The Kier molecular flexibility index (Phi) is 4.03. The zero-order valence-corrected chi connectivity index (χ0v) is 12.8. The minimum atomic E-state index is -0.0523. The third kappa shape index (κ3) is 2.58. The van der Waals surface area contributed by atoms with Crippen LogP contribution < -0.4 is 5.32 Å². The second-order valence-corrected chi connectivity index (χ2v) is 6.49. The van der Waals surface area contributed by atoms with Crippen LogP contribution in [0.4, 0.5) is 0 Å². The van der Waals surface area contributed by atoms with E-state index in [0.29, 0.717) is 4.88 Å². The van der Waals surface area contributed by atoms with Gasteiger partial charge in [0, 0.05) is 10.6 Å². The summed E-state index contributed by atoms with van der Waals surface area (Å²) in [5.74, 6) is 0.979. The summed E-state index contributed by atoms with van der Waals surface area (Å²) in [6.07, 6.45) is 1.69. The Morgan fingerprint density at radius 2 is 2.30 bits per heavy atom. The second kappa shape index (κ2) is 5.93. The molecule has 2 heterocycles. The van der Waals surface area contributed by atoms with Crippen molar-refractivity contribution >= 4 is 29.2 Å². The van der Waals surface area contributed by atoms with E-state index < -0.39 is 0 Å². The molecule has 6 heteroatoms. The van der Waals surface area contributed by atoms with Crippen molar-refractivity contribution in [1.82, 2.24) is 14.9 Å². The van der Waals surface area contributed by atoms with Crippen LogP contribution in [0.1, 0.15) is 40.3 Å². The molecule has 1 aromatic heterocycles. The Morgan fingerprint density at radius 3 is 3.15 bits per heavy atom. The van der Waals surface area contributed by atoms with Crippen LogP contribution in [0.25, 0.3) is 0 Å². The standard InChI is InChI=1S/C14H15N3OS2/c1-2-10-13(20-17-16-10)14(18)15-11-7-8-19-12-6-4-3-5-9(11)12/h3-6,11H,2,7-8H2,1H3,(H,15,18). The van der Waals surface area contributed by atoms with Gasteiger partial charge in [0.2, 0.25) is 0 Å². The second-order valence-electron chi connectivity index (χ2n) is 4.60. The first-order valence-corrected chi connectivity index (χ1v) is 8.39. The predicted molar refractivity (Wildman–Crippen MR) is 81.3 cm³/mol. The molecular formula is C14H15N3OS2. The zero-order valence-electron chi connectivity index (χ0n) is 11.1. The Balaban J connectivity index is 1.81. The van der Waals surface area contributed by atoms with Crippen molar-refractivity contribution in [2.75, 3.05) is 5.75 Å². The topological polar surface area (TPSA) is 54.9 Å². The van der Waals surface area contributed by atoms with Crippen molar-refractivity contribution in [2.45, 2.75) is 30.7 Å². The monoisotopic (exact) mass is 305 g/mol. The molecule has 1 N–H and O–H groups in total. The van der Waals surface area contributed by atoms with Crippen LogP contribution in [-0.4, -0.2) is 21.2 Å². The van der Waals surface area contributed by atoms with Crippen LogP contribution in [0, 0.1) is 0 Å². The van der Waals surface area contributed by atoms with Crippen molar-refractivity contribution < 1.29 is 4.79 Å². The maximum atomic E-state index is 12.4. The molecule has 1 unspecified atom stereocenters. The summed E-state index contributed by atoms with van der Waals surface area (Å²) >= 11 is 3.03. The van der Waals surface area contributed by atoms with Gasteiger partial charge in [-0.3, -0.25) is 4.79 Å². The lowest BCUT2D eigenvalue weighted by atomic mass is 10.0. The number of nitrogens with zero attached hydrogens (tertiary/aromatic N) is 2. The first-order chi connectivity index (χ1) is 9.79. The number of aryl methyl sites for hydroxylation is 1. The number of carbonyl (C=O) groups is 1. The van der Waals surface area contributed by atoms with Gasteiger partial charge in [0.05, 0.1) is 11.7 Å². The highest BCUT2D eigenvalue weighted by molar-refractivity contribution is 7.99. The Labute approximate surface area is 126 Å². The van der Waals surface area contributed by atoms with Crippen molar-refractivity contribution in [3.8, 4) is 0 Å². The fourth-order valence-corrected chi connectivity index (χ4v) is 4.11. The van der Waals surface area contributed by atoms with E-state index in [1.54, 1.807) is 0 Å². The van der Waals surface area contributed by atoms with Crippen LogP contribution in [0.5, 0.6) is 0 Å². The molecule has 1 aromatic carbocycles. The Hall–Kier alpha value is -1.40. The number of hydrogen-bond acceptors (Lipinski definition) is 5. The molecule has 20 heavy (non-hydrogen) atoms. The molecule has 1 amide bonds. The first kappa shape index (κ1) is 13.6. The largest absolute Gasteiger partial charge is 0.344 e. The SMILES string of the molecule is CCc1nnsc1C(=O)NC1CCSc2ccccc21. The van der Waals surface area contributed by atoms with Gasteiger partial charge in [0.15, 0.2) is 0 Å². The molecule has 2 aromatic rings. The number of rotatable bonds is 3. The van der Waals surface area contributed by atoms with Gasteiger partial charge in [-0.2, -0.15) is 0 Å². The number of amides is 1. The van der Waals surface area contributed by atoms with Crippen LogP contribution in [0.2, 0.25) is 0 Å². The van der Waals surface area contributed by atoms with E-state index in [4.69, 9.17) is 0 Å². The Bertz CT molecular complexity index is 626. The van der Waals surface area contributed by atoms with Gasteiger partial charge in [-0.05, 0) is 36.0 Å². The normalized spacial score (nSPS) is 17.6. The van der Waals surface area contributed by atoms with E-state index >= 15 is 0 Å². The summed E-state index contributed by atoms with van der Waals surface area (Å²) in [6.45, 7) is 1.99. The number of benzene rings is 1. The molecule has 0 saturated carbocycles. The summed E-state index contributed by atoms with van der Waals surface area (Å²) in [5.41, 5.74) is 2.00. The molecule has 0 aliphatic carbocycles. The number of fused-ring (bicyclic) bond motifs is 1. The maximum Gasteiger partial charge on any atom is 0.265 e. The molecule has 1 atom stereocenters. The highest BCUT2D eigenvalue weighted by atomic mass is 32.2. The smallest absolute Gasteiger partial charge is 0.265 e. The molecule has 0 fully saturated rings. The number of thioether (sulfide) groups is 1. The van der Waals surface area contributed by atoms with E-state index in [2.05, 4.69) is 27.0 Å². The van der Waals surface area contributed by atoms with Crippen molar-refractivity contribution in [3.05, 3.63) is 40.4 Å². The van der Waals surface area contributed by atoms with Gasteiger partial charge in [-0.1, -0.05) is 29.6 Å². The van der Waals surface area contributed by atoms with Crippen molar-refractivity contribution in [1.29, 1.82) is 0 Å². The fourth-order valence-electron chi connectivity index (χ4n) is 2.33. The summed E-state index contributed by atoms with van der Waals surface area (Å²) < 4.78 is 3.88. The number of nitrogens with one attached hydrogen (secondary N) is 1. The van der Waals surface area contributed by atoms with E-state index in [0.717, 1.165) is 24.3 Å². The van der Waals surface area contributed by atoms with E-state index in [9.17, 15) is 4.79 Å². The first-order valence-electron chi connectivity index (χ1n) is 6.63. The molecular weight excluding hydrogens is 290 g/mol.